The van der Waals surface area contributed by atoms with Gasteiger partial charge in [0, 0.05) is 25.4 Å². The summed E-state index contributed by atoms with van der Waals surface area (Å²) < 4.78 is 7.93. The molecule has 0 saturated heterocycles. The molecular formula is C15H21N3O. The molecule has 2 rings (SSSR count). The SMILES string of the molecule is CCc1nccn1CCOc1cccc(CNC)c1. The van der Waals surface area contributed by atoms with Crippen LogP contribution in [0.3, 0.4) is 0 Å². The number of imidazole rings is 1. The normalized spacial score (nSPS) is 10.6. The Morgan fingerprint density at radius 2 is 2.26 bits per heavy atom. The number of hydrogen-bond donors (Lipinski definition) is 1. The third-order valence-electron chi connectivity index (χ3n) is 3.00. The third kappa shape index (κ3) is 3.83. The fourth-order valence-electron chi connectivity index (χ4n) is 2.07. The van der Waals surface area contributed by atoms with E-state index in [1.54, 1.807) is 0 Å². The Labute approximate surface area is 114 Å². The number of aromatic nitrogens is 2. The fourth-order valence-corrected chi connectivity index (χ4v) is 2.07. The van der Waals surface area contributed by atoms with Crippen LogP contribution in [0.5, 0.6) is 5.75 Å². The number of benzene rings is 1. The average molecular weight is 259 g/mol. The van der Waals surface area contributed by atoms with Gasteiger partial charge in [-0.3, -0.25) is 0 Å². The van der Waals surface area contributed by atoms with Crippen molar-refractivity contribution in [1.82, 2.24) is 14.9 Å². The van der Waals surface area contributed by atoms with Gasteiger partial charge in [0.15, 0.2) is 0 Å². The molecule has 4 nitrogen and oxygen atoms in total. The monoisotopic (exact) mass is 259 g/mol. The Morgan fingerprint density at radius 3 is 3.05 bits per heavy atom. The summed E-state index contributed by atoms with van der Waals surface area (Å²) in [5, 5.41) is 3.14. The van der Waals surface area contributed by atoms with E-state index in [0.29, 0.717) is 6.61 Å². The predicted molar refractivity (Wildman–Crippen MR) is 76.3 cm³/mol. The molecule has 0 amide bonds. The lowest BCUT2D eigenvalue weighted by Gasteiger charge is -2.10. The summed E-state index contributed by atoms with van der Waals surface area (Å²) >= 11 is 0. The van der Waals surface area contributed by atoms with Crippen LogP contribution >= 0.6 is 0 Å². The number of nitrogens with zero attached hydrogens (tertiary/aromatic N) is 2. The highest BCUT2D eigenvalue weighted by Crippen LogP contribution is 2.13. The van der Waals surface area contributed by atoms with Crippen LogP contribution in [-0.4, -0.2) is 23.2 Å². The van der Waals surface area contributed by atoms with Crippen LogP contribution in [0.1, 0.15) is 18.3 Å². The fraction of sp³-hybridized carbons (Fsp3) is 0.400. The van der Waals surface area contributed by atoms with Crippen molar-refractivity contribution in [3.8, 4) is 5.75 Å². The zero-order valence-electron chi connectivity index (χ0n) is 11.6. The Bertz CT molecular complexity index is 508. The molecular weight excluding hydrogens is 238 g/mol. The number of rotatable bonds is 7. The molecule has 2 aromatic rings. The van der Waals surface area contributed by atoms with Crippen LogP contribution in [-0.2, 0) is 19.5 Å². The number of nitrogens with one attached hydrogen (secondary N) is 1. The van der Waals surface area contributed by atoms with Crippen LogP contribution in [0.25, 0.3) is 0 Å². The first-order valence-electron chi connectivity index (χ1n) is 6.70. The largest absolute Gasteiger partial charge is 0.492 e. The molecule has 0 spiro atoms. The summed E-state index contributed by atoms with van der Waals surface area (Å²) in [5.41, 5.74) is 1.23. The summed E-state index contributed by atoms with van der Waals surface area (Å²) in [6.45, 7) is 4.46. The van der Waals surface area contributed by atoms with Gasteiger partial charge in [0.05, 0.1) is 6.54 Å². The van der Waals surface area contributed by atoms with E-state index < -0.39 is 0 Å². The maximum Gasteiger partial charge on any atom is 0.119 e. The molecule has 0 fully saturated rings. The highest BCUT2D eigenvalue weighted by Gasteiger charge is 2.01. The lowest BCUT2D eigenvalue weighted by atomic mass is 10.2. The first kappa shape index (κ1) is 13.6. The molecule has 102 valence electrons. The molecule has 1 N–H and O–H groups in total. The van der Waals surface area contributed by atoms with Crippen molar-refractivity contribution < 1.29 is 4.74 Å². The van der Waals surface area contributed by atoms with Crippen LogP contribution in [0.4, 0.5) is 0 Å². The second kappa shape index (κ2) is 6.95. The molecule has 19 heavy (non-hydrogen) atoms. The van der Waals surface area contributed by atoms with Crippen LogP contribution in [0.2, 0.25) is 0 Å². The van der Waals surface area contributed by atoms with Gasteiger partial charge >= 0.3 is 0 Å². The van der Waals surface area contributed by atoms with Crippen molar-refractivity contribution in [3.63, 3.8) is 0 Å². The van der Waals surface area contributed by atoms with Gasteiger partial charge in [-0.15, -0.1) is 0 Å². The summed E-state index contributed by atoms with van der Waals surface area (Å²) in [6.07, 6.45) is 4.79. The average Bonchev–Trinajstić information content (AvgIpc) is 2.87. The zero-order valence-corrected chi connectivity index (χ0v) is 11.6. The quantitative estimate of drug-likeness (QED) is 0.829. The van der Waals surface area contributed by atoms with Crippen LogP contribution < -0.4 is 10.1 Å². The summed E-state index contributed by atoms with van der Waals surface area (Å²) in [5.74, 6) is 2.03. The molecule has 4 heteroatoms. The molecule has 0 aliphatic rings. The van der Waals surface area contributed by atoms with Gasteiger partial charge in [0.1, 0.15) is 18.2 Å². The van der Waals surface area contributed by atoms with Crippen molar-refractivity contribution in [2.45, 2.75) is 26.4 Å². The van der Waals surface area contributed by atoms with E-state index in [-0.39, 0.29) is 0 Å². The zero-order chi connectivity index (χ0) is 13.5. The van der Waals surface area contributed by atoms with Crippen molar-refractivity contribution in [2.24, 2.45) is 0 Å². The molecule has 0 aliphatic heterocycles. The Morgan fingerprint density at radius 1 is 1.37 bits per heavy atom. The van der Waals surface area contributed by atoms with Crippen molar-refractivity contribution >= 4 is 0 Å². The molecule has 1 aromatic heterocycles. The first-order chi connectivity index (χ1) is 9.33. The topological polar surface area (TPSA) is 39.1 Å². The smallest absolute Gasteiger partial charge is 0.119 e. The van der Waals surface area contributed by atoms with Crippen LogP contribution in [0.15, 0.2) is 36.7 Å². The van der Waals surface area contributed by atoms with Gasteiger partial charge in [-0.1, -0.05) is 19.1 Å². The molecule has 0 unspecified atom stereocenters. The Hall–Kier alpha value is -1.81. The Balaban J connectivity index is 1.87. The molecule has 0 bridgehead atoms. The van der Waals surface area contributed by atoms with E-state index in [1.165, 1.54) is 5.56 Å². The minimum atomic E-state index is 0.659. The van der Waals surface area contributed by atoms with Gasteiger partial charge < -0.3 is 14.6 Å². The lowest BCUT2D eigenvalue weighted by Crippen LogP contribution is -2.10. The highest BCUT2D eigenvalue weighted by molar-refractivity contribution is 5.28. The molecule has 0 radical (unpaired) electrons. The van der Waals surface area contributed by atoms with E-state index in [2.05, 4.69) is 33.9 Å². The first-order valence-corrected chi connectivity index (χ1v) is 6.70. The number of hydrogen-bond acceptors (Lipinski definition) is 3. The van der Waals surface area contributed by atoms with E-state index in [1.807, 2.05) is 31.6 Å². The maximum absolute atomic E-state index is 5.79. The lowest BCUT2D eigenvalue weighted by molar-refractivity contribution is 0.296. The summed E-state index contributed by atoms with van der Waals surface area (Å²) in [6, 6.07) is 8.18. The standard InChI is InChI=1S/C15H21N3O/c1-3-15-17-7-8-18(15)9-10-19-14-6-4-5-13(11-14)12-16-2/h4-8,11,16H,3,9-10,12H2,1-2H3. The van der Waals surface area contributed by atoms with Gasteiger partial charge in [-0.25, -0.2) is 4.98 Å². The number of aryl methyl sites for hydroxylation is 1. The summed E-state index contributed by atoms with van der Waals surface area (Å²) in [7, 11) is 1.94. The molecule has 0 atom stereocenters. The second-order valence-corrected chi connectivity index (χ2v) is 4.42. The van der Waals surface area contributed by atoms with Gasteiger partial charge in [0.2, 0.25) is 0 Å². The van der Waals surface area contributed by atoms with Gasteiger partial charge in [-0.2, -0.15) is 0 Å². The number of ether oxygens (including phenoxy) is 1. The van der Waals surface area contributed by atoms with Crippen molar-refractivity contribution in [1.29, 1.82) is 0 Å². The third-order valence-corrected chi connectivity index (χ3v) is 3.00. The van der Waals surface area contributed by atoms with Crippen molar-refractivity contribution in [2.75, 3.05) is 13.7 Å². The van der Waals surface area contributed by atoms with E-state index in [9.17, 15) is 0 Å². The van der Waals surface area contributed by atoms with Gasteiger partial charge in [0.25, 0.3) is 0 Å². The molecule has 0 aliphatic carbocycles. The minimum absolute atomic E-state index is 0.659. The summed E-state index contributed by atoms with van der Waals surface area (Å²) in [4.78, 5) is 4.30. The van der Waals surface area contributed by atoms with E-state index in [4.69, 9.17) is 4.74 Å². The van der Waals surface area contributed by atoms with E-state index in [0.717, 1.165) is 31.1 Å². The van der Waals surface area contributed by atoms with Crippen LogP contribution in [0, 0.1) is 0 Å². The maximum atomic E-state index is 5.79. The Kier molecular flexibility index (Phi) is 4.98. The highest BCUT2D eigenvalue weighted by atomic mass is 16.5. The molecule has 1 heterocycles. The van der Waals surface area contributed by atoms with E-state index >= 15 is 0 Å². The van der Waals surface area contributed by atoms with Crippen molar-refractivity contribution in [3.05, 3.63) is 48.0 Å². The van der Waals surface area contributed by atoms with Gasteiger partial charge in [-0.05, 0) is 24.7 Å². The molecule has 0 saturated carbocycles. The predicted octanol–water partition coefficient (Wildman–Crippen LogP) is 2.24. The molecule has 1 aromatic carbocycles. The minimum Gasteiger partial charge on any atom is -0.492 e. The second-order valence-electron chi connectivity index (χ2n) is 4.42.